The second-order valence-corrected chi connectivity index (χ2v) is 5.52. The highest BCUT2D eigenvalue weighted by Gasteiger charge is 2.30. The average Bonchev–Trinajstić information content (AvgIpc) is 2.91. The molecule has 0 saturated carbocycles. The van der Waals surface area contributed by atoms with Gasteiger partial charge in [0.1, 0.15) is 6.61 Å². The first-order chi connectivity index (χ1) is 10.1. The Labute approximate surface area is 125 Å². The highest BCUT2D eigenvalue weighted by Crippen LogP contribution is 2.24. The topological polar surface area (TPSA) is 58.6 Å². The van der Waals surface area contributed by atoms with Gasteiger partial charge in [0, 0.05) is 24.3 Å². The Bertz CT molecular complexity index is 577. The fourth-order valence-corrected chi connectivity index (χ4v) is 2.49. The fraction of sp³-hybridized carbons (Fsp3) is 0.471. The van der Waals surface area contributed by atoms with Crippen molar-refractivity contribution in [1.82, 2.24) is 5.32 Å². The van der Waals surface area contributed by atoms with E-state index in [1.54, 1.807) is 12.1 Å². The molecule has 0 spiro atoms. The third-order valence-corrected chi connectivity index (χ3v) is 3.80. The molecule has 1 amide bonds. The third kappa shape index (κ3) is 3.84. The van der Waals surface area contributed by atoms with E-state index in [0.29, 0.717) is 12.1 Å². The highest BCUT2D eigenvalue weighted by molar-refractivity contribution is 5.96. The zero-order valence-corrected chi connectivity index (χ0v) is 12.5. The van der Waals surface area contributed by atoms with Gasteiger partial charge in [0.2, 0.25) is 0 Å². The Morgan fingerprint density at radius 1 is 1.52 bits per heavy atom. The standard InChI is InChI=1S/C17H21NO3/c1-13-14(7-4-10-19)6-3-8-15(13)16(20)18-12-17(2)9-5-11-21-17/h3,6,8,19H,5,9-12H2,1-2H3,(H,18,20). The molecule has 1 atom stereocenters. The summed E-state index contributed by atoms with van der Waals surface area (Å²) in [6.07, 6.45) is 2.01. The number of hydrogen-bond acceptors (Lipinski definition) is 3. The van der Waals surface area contributed by atoms with E-state index in [9.17, 15) is 4.79 Å². The molecule has 2 rings (SSSR count). The van der Waals surface area contributed by atoms with Crippen LogP contribution in [0.2, 0.25) is 0 Å². The minimum absolute atomic E-state index is 0.114. The van der Waals surface area contributed by atoms with Crippen LogP contribution in [0, 0.1) is 18.8 Å². The van der Waals surface area contributed by atoms with Crippen LogP contribution in [0.15, 0.2) is 18.2 Å². The van der Waals surface area contributed by atoms with Gasteiger partial charge in [0.15, 0.2) is 0 Å². The summed E-state index contributed by atoms with van der Waals surface area (Å²) in [6.45, 7) is 4.97. The number of aliphatic hydroxyl groups is 1. The van der Waals surface area contributed by atoms with Crippen LogP contribution in [0.5, 0.6) is 0 Å². The van der Waals surface area contributed by atoms with Crippen LogP contribution in [0.4, 0.5) is 0 Å². The lowest BCUT2D eigenvalue weighted by Gasteiger charge is -2.23. The molecule has 0 bridgehead atoms. The van der Waals surface area contributed by atoms with Crippen LogP contribution < -0.4 is 5.32 Å². The number of nitrogens with one attached hydrogen (secondary N) is 1. The van der Waals surface area contributed by atoms with Gasteiger partial charge in [0.25, 0.3) is 5.91 Å². The fourth-order valence-electron chi connectivity index (χ4n) is 2.49. The molecule has 21 heavy (non-hydrogen) atoms. The first kappa shape index (κ1) is 15.6. The average molecular weight is 287 g/mol. The molecule has 2 N–H and O–H groups in total. The molecule has 1 saturated heterocycles. The summed E-state index contributed by atoms with van der Waals surface area (Å²) in [7, 11) is 0. The van der Waals surface area contributed by atoms with Crippen LogP contribution in [-0.2, 0) is 4.74 Å². The molecule has 4 nitrogen and oxygen atoms in total. The van der Waals surface area contributed by atoms with E-state index in [-0.39, 0.29) is 18.1 Å². The molecule has 1 aromatic rings. The monoisotopic (exact) mass is 287 g/mol. The molecule has 0 aliphatic carbocycles. The largest absolute Gasteiger partial charge is 0.384 e. The van der Waals surface area contributed by atoms with Crippen LogP contribution >= 0.6 is 0 Å². The van der Waals surface area contributed by atoms with Gasteiger partial charge < -0.3 is 15.2 Å². The lowest BCUT2D eigenvalue weighted by atomic mass is 10.0. The summed E-state index contributed by atoms with van der Waals surface area (Å²) in [6, 6.07) is 5.43. The van der Waals surface area contributed by atoms with Gasteiger partial charge >= 0.3 is 0 Å². The zero-order valence-electron chi connectivity index (χ0n) is 12.5. The normalized spacial score (nSPS) is 20.7. The molecule has 0 aromatic heterocycles. The van der Waals surface area contributed by atoms with Crippen molar-refractivity contribution in [2.24, 2.45) is 0 Å². The Morgan fingerprint density at radius 2 is 2.33 bits per heavy atom. The Morgan fingerprint density at radius 3 is 3.00 bits per heavy atom. The first-order valence-corrected chi connectivity index (χ1v) is 7.17. The smallest absolute Gasteiger partial charge is 0.251 e. The van der Waals surface area contributed by atoms with Crippen molar-refractivity contribution < 1.29 is 14.6 Å². The second kappa shape index (κ2) is 6.75. The zero-order chi connectivity index (χ0) is 15.3. The molecule has 1 aliphatic rings. The number of amides is 1. The van der Waals surface area contributed by atoms with Crippen molar-refractivity contribution in [3.63, 3.8) is 0 Å². The maximum Gasteiger partial charge on any atom is 0.251 e. The van der Waals surface area contributed by atoms with Crippen molar-refractivity contribution in [3.05, 3.63) is 34.9 Å². The van der Waals surface area contributed by atoms with Crippen LogP contribution in [0.1, 0.15) is 41.3 Å². The molecule has 1 aliphatic heterocycles. The van der Waals surface area contributed by atoms with Crippen molar-refractivity contribution in [1.29, 1.82) is 0 Å². The van der Waals surface area contributed by atoms with Crippen LogP contribution in [-0.4, -0.2) is 36.4 Å². The predicted molar refractivity (Wildman–Crippen MR) is 81.1 cm³/mol. The summed E-state index contributed by atoms with van der Waals surface area (Å²) in [5, 5.41) is 11.7. The minimum atomic E-state index is -0.252. The van der Waals surface area contributed by atoms with E-state index in [1.165, 1.54) is 0 Å². The summed E-state index contributed by atoms with van der Waals surface area (Å²) >= 11 is 0. The molecule has 0 radical (unpaired) electrons. The number of carbonyl (C=O) groups is 1. The molecular weight excluding hydrogens is 266 g/mol. The number of carbonyl (C=O) groups excluding carboxylic acids is 1. The summed E-state index contributed by atoms with van der Waals surface area (Å²) in [5.74, 6) is 5.35. The molecule has 1 fully saturated rings. The Kier molecular flexibility index (Phi) is 5.00. The van der Waals surface area contributed by atoms with E-state index in [1.807, 2.05) is 19.9 Å². The lowest BCUT2D eigenvalue weighted by Crippen LogP contribution is -2.40. The SMILES string of the molecule is Cc1c(C#CCO)cccc1C(=O)NCC1(C)CCCO1. The molecule has 1 heterocycles. The Balaban J connectivity index is 2.08. The number of rotatable bonds is 3. The van der Waals surface area contributed by atoms with E-state index >= 15 is 0 Å². The molecule has 1 aromatic carbocycles. The highest BCUT2D eigenvalue weighted by atomic mass is 16.5. The number of benzene rings is 1. The summed E-state index contributed by atoms with van der Waals surface area (Å²) in [4.78, 5) is 12.3. The van der Waals surface area contributed by atoms with Gasteiger partial charge in [-0.15, -0.1) is 0 Å². The van der Waals surface area contributed by atoms with Gasteiger partial charge in [-0.3, -0.25) is 4.79 Å². The van der Waals surface area contributed by atoms with E-state index in [4.69, 9.17) is 9.84 Å². The van der Waals surface area contributed by atoms with Crippen LogP contribution in [0.25, 0.3) is 0 Å². The van der Waals surface area contributed by atoms with E-state index in [0.717, 1.165) is 30.6 Å². The summed E-state index contributed by atoms with van der Waals surface area (Å²) in [5.41, 5.74) is 1.95. The van der Waals surface area contributed by atoms with E-state index in [2.05, 4.69) is 17.2 Å². The second-order valence-electron chi connectivity index (χ2n) is 5.52. The third-order valence-electron chi connectivity index (χ3n) is 3.80. The number of hydrogen-bond donors (Lipinski definition) is 2. The predicted octanol–water partition coefficient (Wildman–Crippen LogP) is 1.64. The van der Waals surface area contributed by atoms with Crippen molar-refractivity contribution in [3.8, 4) is 11.8 Å². The van der Waals surface area contributed by atoms with Crippen LogP contribution in [0.3, 0.4) is 0 Å². The summed E-state index contributed by atoms with van der Waals surface area (Å²) < 4.78 is 5.67. The molecule has 1 unspecified atom stereocenters. The van der Waals surface area contributed by atoms with Gasteiger partial charge in [-0.25, -0.2) is 0 Å². The van der Waals surface area contributed by atoms with Gasteiger partial charge in [-0.1, -0.05) is 17.9 Å². The Hall–Kier alpha value is -1.83. The minimum Gasteiger partial charge on any atom is -0.384 e. The number of ether oxygens (including phenoxy) is 1. The molecular formula is C17H21NO3. The maximum atomic E-state index is 12.3. The quantitative estimate of drug-likeness (QED) is 0.831. The van der Waals surface area contributed by atoms with E-state index < -0.39 is 0 Å². The first-order valence-electron chi connectivity index (χ1n) is 7.17. The number of aliphatic hydroxyl groups excluding tert-OH is 1. The molecule has 112 valence electrons. The van der Waals surface area contributed by atoms with Crippen molar-refractivity contribution in [2.75, 3.05) is 19.8 Å². The van der Waals surface area contributed by atoms with Crippen molar-refractivity contribution >= 4 is 5.91 Å². The van der Waals surface area contributed by atoms with Crippen molar-refractivity contribution in [2.45, 2.75) is 32.3 Å². The van der Waals surface area contributed by atoms with Gasteiger partial charge in [0.05, 0.1) is 5.60 Å². The van der Waals surface area contributed by atoms with Gasteiger partial charge in [-0.05, 0) is 44.4 Å². The lowest BCUT2D eigenvalue weighted by molar-refractivity contribution is 0.0206. The molecule has 4 heteroatoms. The maximum absolute atomic E-state index is 12.3. The van der Waals surface area contributed by atoms with Gasteiger partial charge in [-0.2, -0.15) is 0 Å².